The van der Waals surface area contributed by atoms with Crippen LogP contribution in [0.15, 0.2) is 28.1 Å². The van der Waals surface area contributed by atoms with Crippen LogP contribution in [0.5, 0.6) is 0 Å². The normalized spacial score (nSPS) is 12.2. The zero-order valence-corrected chi connectivity index (χ0v) is 10.5. The van der Waals surface area contributed by atoms with Crippen LogP contribution in [-0.4, -0.2) is 18.7 Å². The fourth-order valence-electron chi connectivity index (χ4n) is 1.81. The molecule has 0 aliphatic rings. The summed E-state index contributed by atoms with van der Waals surface area (Å²) in [7, 11) is 1.59. The molecule has 94 valence electrons. The largest absolute Gasteiger partial charge is 0.336 e. The quantitative estimate of drug-likeness (QED) is 0.790. The van der Waals surface area contributed by atoms with Crippen molar-refractivity contribution in [1.29, 1.82) is 0 Å². The lowest BCUT2D eigenvalue weighted by Gasteiger charge is -2.04. The van der Waals surface area contributed by atoms with E-state index in [9.17, 15) is 9.59 Å². The first-order chi connectivity index (χ1) is 8.61. The van der Waals surface area contributed by atoms with E-state index in [1.54, 1.807) is 36.9 Å². The van der Waals surface area contributed by atoms with E-state index in [-0.39, 0.29) is 5.56 Å². The van der Waals surface area contributed by atoms with E-state index in [1.807, 2.05) is 6.92 Å². The smallest absolute Gasteiger partial charge is 0.300 e. The van der Waals surface area contributed by atoms with Gasteiger partial charge in [-0.2, -0.15) is 0 Å². The van der Waals surface area contributed by atoms with E-state index in [2.05, 4.69) is 4.98 Å². The molecule has 0 amide bonds. The number of aryl methyl sites for hydroxylation is 1. The summed E-state index contributed by atoms with van der Waals surface area (Å²) in [5.74, 6) is 0. The van der Waals surface area contributed by atoms with Crippen molar-refractivity contribution in [1.82, 2.24) is 18.7 Å². The first-order valence-electron chi connectivity index (χ1n) is 5.55. The van der Waals surface area contributed by atoms with Crippen LogP contribution in [0.25, 0.3) is 23.6 Å². The SMILES string of the molecule is C/C=C/n1c(=O)c2c(ncn2/C=C/C)n(C)c1=O. The Labute approximate surface area is 103 Å². The van der Waals surface area contributed by atoms with E-state index < -0.39 is 5.69 Å². The Bertz CT molecular complexity index is 759. The van der Waals surface area contributed by atoms with Crippen molar-refractivity contribution in [2.24, 2.45) is 7.05 Å². The van der Waals surface area contributed by atoms with Crippen LogP contribution in [0.1, 0.15) is 13.8 Å². The topological polar surface area (TPSA) is 61.8 Å². The third-order valence-electron chi connectivity index (χ3n) is 2.61. The molecule has 2 aromatic heterocycles. The van der Waals surface area contributed by atoms with Crippen LogP contribution in [0.2, 0.25) is 0 Å². The van der Waals surface area contributed by atoms with Crippen molar-refractivity contribution >= 4 is 23.6 Å². The number of hydrogen-bond acceptors (Lipinski definition) is 3. The van der Waals surface area contributed by atoms with Crippen LogP contribution in [0.3, 0.4) is 0 Å². The molecule has 18 heavy (non-hydrogen) atoms. The lowest BCUT2D eigenvalue weighted by atomic mass is 10.5. The maximum absolute atomic E-state index is 12.3. The van der Waals surface area contributed by atoms with Gasteiger partial charge in [-0.25, -0.2) is 14.3 Å². The highest BCUT2D eigenvalue weighted by Crippen LogP contribution is 2.05. The van der Waals surface area contributed by atoms with Crippen LogP contribution in [0.4, 0.5) is 0 Å². The molecule has 0 N–H and O–H groups in total. The molecule has 6 nitrogen and oxygen atoms in total. The summed E-state index contributed by atoms with van der Waals surface area (Å²) in [5.41, 5.74) is -0.0183. The number of aromatic nitrogens is 4. The molecule has 2 heterocycles. The highest BCUT2D eigenvalue weighted by molar-refractivity contribution is 5.73. The summed E-state index contributed by atoms with van der Waals surface area (Å²) in [4.78, 5) is 28.3. The average molecular weight is 246 g/mol. The molecule has 0 spiro atoms. The fourth-order valence-corrected chi connectivity index (χ4v) is 1.81. The highest BCUT2D eigenvalue weighted by Gasteiger charge is 2.13. The van der Waals surface area contributed by atoms with Gasteiger partial charge in [0.05, 0.1) is 0 Å². The van der Waals surface area contributed by atoms with Gasteiger partial charge in [0.1, 0.15) is 6.33 Å². The molecular formula is C12H14N4O2. The van der Waals surface area contributed by atoms with E-state index in [0.717, 1.165) is 4.57 Å². The zero-order chi connectivity index (χ0) is 13.3. The van der Waals surface area contributed by atoms with Crippen molar-refractivity contribution in [2.45, 2.75) is 13.8 Å². The van der Waals surface area contributed by atoms with E-state index >= 15 is 0 Å². The molecule has 0 atom stereocenters. The fraction of sp³-hybridized carbons (Fsp3) is 0.250. The van der Waals surface area contributed by atoms with Crippen molar-refractivity contribution in [3.63, 3.8) is 0 Å². The van der Waals surface area contributed by atoms with Crippen molar-refractivity contribution in [2.75, 3.05) is 0 Å². The number of rotatable bonds is 2. The number of hydrogen-bond donors (Lipinski definition) is 0. The van der Waals surface area contributed by atoms with Gasteiger partial charge in [-0.1, -0.05) is 12.2 Å². The molecule has 0 unspecified atom stereocenters. The monoisotopic (exact) mass is 246 g/mol. The maximum atomic E-state index is 12.3. The Kier molecular flexibility index (Phi) is 3.01. The van der Waals surface area contributed by atoms with Crippen LogP contribution < -0.4 is 11.2 Å². The number of imidazole rings is 1. The van der Waals surface area contributed by atoms with Crippen molar-refractivity contribution in [3.05, 3.63) is 39.3 Å². The Balaban J connectivity index is 3.02. The first-order valence-corrected chi connectivity index (χ1v) is 5.55. The van der Waals surface area contributed by atoms with E-state index in [1.165, 1.54) is 17.1 Å². The Morgan fingerprint density at radius 3 is 2.44 bits per heavy atom. The van der Waals surface area contributed by atoms with Gasteiger partial charge in [-0.15, -0.1) is 0 Å². The zero-order valence-electron chi connectivity index (χ0n) is 10.5. The van der Waals surface area contributed by atoms with Crippen molar-refractivity contribution < 1.29 is 0 Å². The number of nitrogens with zero attached hydrogens (tertiary/aromatic N) is 4. The van der Waals surface area contributed by atoms with Gasteiger partial charge >= 0.3 is 5.69 Å². The molecule has 2 aromatic rings. The van der Waals surface area contributed by atoms with Gasteiger partial charge in [-0.05, 0) is 13.8 Å². The minimum atomic E-state index is -0.406. The first kappa shape index (κ1) is 12.1. The molecule has 0 aromatic carbocycles. The molecule has 0 bridgehead atoms. The summed E-state index contributed by atoms with van der Waals surface area (Å²) >= 11 is 0. The second-order valence-corrected chi connectivity index (χ2v) is 3.81. The second-order valence-electron chi connectivity index (χ2n) is 3.81. The van der Waals surface area contributed by atoms with Crippen molar-refractivity contribution in [3.8, 4) is 0 Å². The minimum absolute atomic E-state index is 0.373. The van der Waals surface area contributed by atoms with E-state index in [0.29, 0.717) is 11.2 Å². The number of fused-ring (bicyclic) bond motifs is 1. The predicted molar refractivity (Wildman–Crippen MR) is 71.2 cm³/mol. The van der Waals surface area contributed by atoms with Gasteiger partial charge in [-0.3, -0.25) is 9.36 Å². The lowest BCUT2D eigenvalue weighted by molar-refractivity contribution is 0.785. The summed E-state index contributed by atoms with van der Waals surface area (Å²) in [6.45, 7) is 3.59. The Hall–Kier alpha value is -2.37. The minimum Gasteiger partial charge on any atom is -0.300 e. The molecular weight excluding hydrogens is 232 g/mol. The third-order valence-corrected chi connectivity index (χ3v) is 2.61. The summed E-state index contributed by atoms with van der Waals surface area (Å²) < 4.78 is 4.04. The Morgan fingerprint density at radius 1 is 1.17 bits per heavy atom. The molecule has 2 rings (SSSR count). The van der Waals surface area contributed by atoms with Gasteiger partial charge in [0.2, 0.25) is 0 Å². The average Bonchev–Trinajstić information content (AvgIpc) is 2.76. The second kappa shape index (κ2) is 4.48. The molecule has 6 heteroatoms. The van der Waals surface area contributed by atoms with Crippen LogP contribution in [0, 0.1) is 0 Å². The molecule has 0 saturated carbocycles. The summed E-state index contributed by atoms with van der Waals surface area (Å²) in [6.07, 6.45) is 8.14. The Morgan fingerprint density at radius 2 is 1.83 bits per heavy atom. The molecule has 0 saturated heterocycles. The van der Waals surface area contributed by atoms with Crippen LogP contribution in [-0.2, 0) is 7.05 Å². The maximum Gasteiger partial charge on any atom is 0.336 e. The highest BCUT2D eigenvalue weighted by atomic mass is 16.2. The summed E-state index contributed by atoms with van der Waals surface area (Å²) in [6, 6.07) is 0. The molecule has 0 aliphatic heterocycles. The third kappa shape index (κ3) is 1.62. The summed E-state index contributed by atoms with van der Waals surface area (Å²) in [5, 5.41) is 0. The number of allylic oxidation sites excluding steroid dienone is 2. The molecule has 0 fully saturated rings. The molecule has 0 radical (unpaired) electrons. The lowest BCUT2D eigenvalue weighted by Crippen LogP contribution is -2.36. The van der Waals surface area contributed by atoms with Gasteiger partial charge < -0.3 is 4.57 Å². The predicted octanol–water partition coefficient (Wildman–Crippen LogP) is 0.878. The standard InChI is InChI=1S/C12H14N4O2/c1-4-6-15-8-13-10-9(15)11(17)16(7-5-2)12(18)14(10)3/h4-8H,1-3H3/b6-4+,7-5+. The van der Waals surface area contributed by atoms with Gasteiger partial charge in [0.15, 0.2) is 11.2 Å². The van der Waals surface area contributed by atoms with Gasteiger partial charge in [0.25, 0.3) is 5.56 Å². The van der Waals surface area contributed by atoms with Gasteiger partial charge in [0, 0.05) is 19.4 Å². The van der Waals surface area contributed by atoms with Crippen LogP contribution >= 0.6 is 0 Å². The molecule has 0 aliphatic carbocycles. The van der Waals surface area contributed by atoms with E-state index in [4.69, 9.17) is 0 Å².